The van der Waals surface area contributed by atoms with Crippen LogP contribution >= 0.6 is 0 Å². The van der Waals surface area contributed by atoms with Crippen molar-refractivity contribution in [1.29, 1.82) is 0 Å². The lowest BCUT2D eigenvalue weighted by Gasteiger charge is -2.50. The van der Waals surface area contributed by atoms with E-state index in [9.17, 15) is 39.6 Å². The van der Waals surface area contributed by atoms with Gasteiger partial charge in [-0.3, -0.25) is 29.0 Å². The molecule has 212 valence electrons. The Bertz CT molecular complexity index is 1500. The molecular formula is C27H29FN4O8. The van der Waals surface area contributed by atoms with Gasteiger partial charge in [-0.15, -0.1) is 0 Å². The number of likely N-dealkylation sites (N-methyl/N-ethyl adjacent to an activating group) is 1. The SMILES string of the molecule is CN(C)[C@@H]1C(=O)C(C(N)=O)=C(O)[C@@]2(O)C(=O)C3=C(O)c4c(O)c5c(c(F)c4C[C@H]3C[C@@H]12)CN1CCC[C@H]1C(=O)N5. The normalized spacial score (nSPS) is 31.8. The molecule has 1 saturated carbocycles. The van der Waals surface area contributed by atoms with Crippen molar-refractivity contribution in [2.45, 2.75) is 49.9 Å². The lowest BCUT2D eigenvalue weighted by molar-refractivity contribution is -0.153. The summed E-state index contributed by atoms with van der Waals surface area (Å²) in [6, 6.07) is -1.73. The molecule has 0 radical (unpaired) electrons. The topological polar surface area (TPSA) is 194 Å². The molecule has 0 bridgehead atoms. The Labute approximate surface area is 227 Å². The third-order valence-corrected chi connectivity index (χ3v) is 9.20. The minimum absolute atomic E-state index is 0.0560. The maximum atomic E-state index is 16.2. The quantitative estimate of drug-likeness (QED) is 0.214. The second-order valence-corrected chi connectivity index (χ2v) is 11.4. The lowest BCUT2D eigenvalue weighted by Crippen LogP contribution is -2.65. The van der Waals surface area contributed by atoms with Crippen molar-refractivity contribution >= 4 is 34.8 Å². The number of primary amides is 1. The van der Waals surface area contributed by atoms with Crippen LogP contribution in [-0.2, 0) is 32.1 Å². The number of aromatic hydroxyl groups is 1. The number of aliphatic hydroxyl groups is 3. The predicted molar refractivity (Wildman–Crippen MR) is 136 cm³/mol. The maximum absolute atomic E-state index is 16.2. The number of aliphatic hydroxyl groups excluding tert-OH is 2. The zero-order chi connectivity index (χ0) is 29.0. The third-order valence-electron chi connectivity index (χ3n) is 9.20. The van der Waals surface area contributed by atoms with E-state index in [1.807, 2.05) is 4.90 Å². The van der Waals surface area contributed by atoms with Crippen LogP contribution < -0.4 is 11.1 Å². The summed E-state index contributed by atoms with van der Waals surface area (Å²) < 4.78 is 16.2. The fourth-order valence-corrected chi connectivity index (χ4v) is 7.40. The number of hydrogen-bond acceptors (Lipinski definition) is 10. The number of rotatable bonds is 2. The van der Waals surface area contributed by atoms with E-state index >= 15 is 4.39 Å². The number of ketones is 2. The van der Waals surface area contributed by atoms with E-state index in [-0.39, 0.29) is 41.8 Å². The van der Waals surface area contributed by atoms with Crippen molar-refractivity contribution in [1.82, 2.24) is 9.80 Å². The monoisotopic (exact) mass is 556 g/mol. The van der Waals surface area contributed by atoms with E-state index in [0.29, 0.717) is 13.0 Å². The smallest absolute Gasteiger partial charge is 0.255 e. The van der Waals surface area contributed by atoms with Crippen molar-refractivity contribution in [3.05, 3.63) is 39.4 Å². The molecule has 40 heavy (non-hydrogen) atoms. The number of fused-ring (bicyclic) bond motifs is 5. The molecule has 0 spiro atoms. The number of halogens is 1. The predicted octanol–water partition coefficient (Wildman–Crippen LogP) is 0.0196. The van der Waals surface area contributed by atoms with Gasteiger partial charge in [-0.1, -0.05) is 0 Å². The zero-order valence-electron chi connectivity index (χ0n) is 21.8. The van der Waals surface area contributed by atoms with Crippen LogP contribution in [0.5, 0.6) is 5.75 Å². The molecule has 2 amide bonds. The Morgan fingerprint density at radius 2 is 1.88 bits per heavy atom. The van der Waals surface area contributed by atoms with Crippen LogP contribution in [0, 0.1) is 17.7 Å². The summed E-state index contributed by atoms with van der Waals surface area (Å²) in [5, 5.41) is 47.8. The number of carbonyl (C=O) groups excluding carboxylic acids is 4. The largest absolute Gasteiger partial charge is 0.508 e. The van der Waals surface area contributed by atoms with Gasteiger partial charge >= 0.3 is 0 Å². The summed E-state index contributed by atoms with van der Waals surface area (Å²) in [6.45, 7) is 0.631. The van der Waals surface area contributed by atoms with E-state index in [1.54, 1.807) is 0 Å². The fraction of sp³-hybridized carbons (Fsp3) is 0.481. The van der Waals surface area contributed by atoms with Crippen molar-refractivity contribution in [3.8, 4) is 5.75 Å². The summed E-state index contributed by atoms with van der Waals surface area (Å²) in [4.78, 5) is 55.2. The van der Waals surface area contributed by atoms with Crippen molar-refractivity contribution < 1.29 is 44.0 Å². The lowest BCUT2D eigenvalue weighted by atomic mass is 9.57. The van der Waals surface area contributed by atoms with Crippen molar-refractivity contribution in [2.75, 3.05) is 26.0 Å². The van der Waals surface area contributed by atoms with Crippen molar-refractivity contribution in [2.24, 2.45) is 17.6 Å². The van der Waals surface area contributed by atoms with E-state index in [4.69, 9.17) is 5.73 Å². The molecule has 0 aromatic heterocycles. The van der Waals surface area contributed by atoms with Crippen LogP contribution in [0.15, 0.2) is 16.9 Å². The highest BCUT2D eigenvalue weighted by Gasteiger charge is 2.64. The van der Waals surface area contributed by atoms with E-state index in [0.717, 1.165) is 6.42 Å². The van der Waals surface area contributed by atoms with Gasteiger partial charge in [0, 0.05) is 29.2 Å². The molecule has 1 aromatic rings. The van der Waals surface area contributed by atoms with Gasteiger partial charge < -0.3 is 31.5 Å². The maximum Gasteiger partial charge on any atom is 0.255 e. The summed E-state index contributed by atoms with van der Waals surface area (Å²) in [7, 11) is 3.00. The summed E-state index contributed by atoms with van der Waals surface area (Å²) in [6.07, 6.45) is 1.02. The molecule has 3 aliphatic carbocycles. The second kappa shape index (κ2) is 8.59. The number of hydrogen-bond donors (Lipinski definition) is 6. The molecule has 1 aromatic carbocycles. The highest BCUT2D eigenvalue weighted by atomic mass is 19.1. The van der Waals surface area contributed by atoms with Gasteiger partial charge in [-0.05, 0) is 52.2 Å². The minimum Gasteiger partial charge on any atom is -0.508 e. The summed E-state index contributed by atoms with van der Waals surface area (Å²) in [5.41, 5.74) is 0.649. The van der Waals surface area contributed by atoms with Crippen LogP contribution in [0.3, 0.4) is 0 Å². The Morgan fingerprint density at radius 1 is 1.18 bits per heavy atom. The number of benzene rings is 1. The Kier molecular flexibility index (Phi) is 5.67. The van der Waals surface area contributed by atoms with Gasteiger partial charge in [0.05, 0.1) is 23.3 Å². The zero-order valence-corrected chi connectivity index (χ0v) is 21.8. The van der Waals surface area contributed by atoms with Gasteiger partial charge in [0.25, 0.3) is 5.91 Å². The second-order valence-electron chi connectivity index (χ2n) is 11.4. The van der Waals surface area contributed by atoms with Crippen LogP contribution in [-0.4, -0.2) is 91.9 Å². The highest BCUT2D eigenvalue weighted by molar-refractivity contribution is 6.24. The minimum atomic E-state index is -2.79. The van der Waals surface area contributed by atoms with Gasteiger partial charge in [0.1, 0.15) is 22.9 Å². The van der Waals surface area contributed by atoms with Gasteiger partial charge in [0.15, 0.2) is 17.1 Å². The van der Waals surface area contributed by atoms with E-state index < -0.39 is 87.1 Å². The first-order chi connectivity index (χ1) is 18.8. The molecule has 6 rings (SSSR count). The summed E-state index contributed by atoms with van der Waals surface area (Å²) >= 11 is 0. The average Bonchev–Trinajstić information content (AvgIpc) is 3.29. The number of amides is 2. The molecule has 5 aliphatic rings. The average molecular weight is 557 g/mol. The van der Waals surface area contributed by atoms with Crippen LogP contribution in [0.25, 0.3) is 5.76 Å². The molecule has 12 nitrogen and oxygen atoms in total. The molecule has 5 atom stereocenters. The molecule has 2 fully saturated rings. The van der Waals surface area contributed by atoms with Gasteiger partial charge in [-0.25, -0.2) is 4.39 Å². The summed E-state index contributed by atoms with van der Waals surface area (Å²) in [5.74, 6) is -9.32. The number of anilines is 1. The molecule has 2 heterocycles. The number of phenolic OH excluding ortho intramolecular Hbond substituents is 1. The number of nitrogens with one attached hydrogen (secondary N) is 1. The Hall–Kier alpha value is -3.81. The number of carbonyl (C=O) groups is 4. The Morgan fingerprint density at radius 3 is 2.52 bits per heavy atom. The Balaban J connectivity index is 1.55. The van der Waals surface area contributed by atoms with Crippen LogP contribution in [0.1, 0.15) is 36.0 Å². The van der Waals surface area contributed by atoms with Crippen molar-refractivity contribution in [3.63, 3.8) is 0 Å². The first-order valence-electron chi connectivity index (χ1n) is 13.1. The van der Waals surface area contributed by atoms with E-state index in [1.165, 1.54) is 19.0 Å². The first-order valence-corrected chi connectivity index (χ1v) is 13.1. The highest BCUT2D eigenvalue weighted by Crippen LogP contribution is 2.54. The molecular weight excluding hydrogens is 527 g/mol. The van der Waals surface area contributed by atoms with Crippen LogP contribution in [0.2, 0.25) is 0 Å². The number of nitrogens with zero attached hydrogens (tertiary/aromatic N) is 2. The van der Waals surface area contributed by atoms with E-state index in [2.05, 4.69) is 5.32 Å². The molecule has 1 saturated heterocycles. The van der Waals surface area contributed by atoms with Crippen LogP contribution in [0.4, 0.5) is 10.1 Å². The number of nitrogens with two attached hydrogens (primary N) is 1. The molecule has 7 N–H and O–H groups in total. The first kappa shape index (κ1) is 26.4. The molecule has 13 heteroatoms. The molecule has 0 unspecified atom stereocenters. The standard InChI is InChI=1S/C27H29FN4O8/c1-31(2)19-12-7-9-6-10-15(20(33)14(9)23(36)27(12,40)24(37)16(22(19)35)25(29)38)21(34)18-11(17(10)28)8-32-5-3-4-13(32)26(39)30-18/h9,12-13,19,33-34,37,40H,3-8H2,1-2H3,(H2,29,38)(H,30,39)/t9-,12-,13-,19-,27-/m0/s1. The van der Waals surface area contributed by atoms with Gasteiger partial charge in [0.2, 0.25) is 11.7 Å². The number of phenols is 1. The van der Waals surface area contributed by atoms with Gasteiger partial charge in [-0.2, -0.15) is 0 Å². The number of Topliss-reactive ketones (excluding diaryl/α,β-unsaturated/α-hetero) is 2. The fourth-order valence-electron chi connectivity index (χ4n) is 7.40. The molecule has 2 aliphatic heterocycles. The third kappa shape index (κ3) is 3.22.